The normalized spacial score (nSPS) is 18.9. The number of hydrogen-bond donors (Lipinski definition) is 1. The highest BCUT2D eigenvalue weighted by Crippen LogP contribution is 2.26. The molecule has 0 aromatic carbocycles. The van der Waals surface area contributed by atoms with E-state index in [1.807, 2.05) is 24.0 Å². The number of anilines is 1. The first-order valence-electron chi connectivity index (χ1n) is 4.59. The Hall–Kier alpha value is -1.29. The monoisotopic (exact) mass is 194 g/mol. The summed E-state index contributed by atoms with van der Waals surface area (Å²) >= 11 is 0. The zero-order valence-electron chi connectivity index (χ0n) is 8.40. The summed E-state index contributed by atoms with van der Waals surface area (Å²) in [5, 5.41) is 9.57. The van der Waals surface area contributed by atoms with Crippen LogP contribution < -0.4 is 9.64 Å². The van der Waals surface area contributed by atoms with E-state index in [1.54, 1.807) is 13.2 Å². The van der Waals surface area contributed by atoms with Crippen LogP contribution in [0.5, 0.6) is 5.88 Å². The van der Waals surface area contributed by atoms with Gasteiger partial charge in [-0.25, -0.2) is 0 Å². The topological polar surface area (TPSA) is 45.6 Å². The Bertz CT molecular complexity index is 331. The SMILES string of the molecule is COc1cccc(N2CC(C)(O)C2)n1. The van der Waals surface area contributed by atoms with E-state index in [9.17, 15) is 5.11 Å². The van der Waals surface area contributed by atoms with Crippen LogP contribution in [0.2, 0.25) is 0 Å². The summed E-state index contributed by atoms with van der Waals surface area (Å²) in [4.78, 5) is 6.29. The first-order valence-corrected chi connectivity index (χ1v) is 4.59. The largest absolute Gasteiger partial charge is 0.481 e. The Morgan fingerprint density at radius 3 is 2.79 bits per heavy atom. The van der Waals surface area contributed by atoms with Gasteiger partial charge in [0, 0.05) is 19.2 Å². The molecule has 2 heterocycles. The maximum atomic E-state index is 9.57. The predicted octanol–water partition coefficient (Wildman–Crippen LogP) is 0.661. The van der Waals surface area contributed by atoms with Gasteiger partial charge in [0.25, 0.3) is 0 Å². The van der Waals surface area contributed by atoms with Crippen molar-refractivity contribution in [2.24, 2.45) is 0 Å². The highest BCUT2D eigenvalue weighted by Gasteiger charge is 2.37. The minimum Gasteiger partial charge on any atom is -0.481 e. The van der Waals surface area contributed by atoms with Crippen molar-refractivity contribution in [3.05, 3.63) is 18.2 Å². The van der Waals surface area contributed by atoms with Gasteiger partial charge in [-0.05, 0) is 13.0 Å². The van der Waals surface area contributed by atoms with Crippen molar-refractivity contribution in [3.63, 3.8) is 0 Å². The van der Waals surface area contributed by atoms with E-state index < -0.39 is 5.60 Å². The molecule has 0 unspecified atom stereocenters. The van der Waals surface area contributed by atoms with Crippen LogP contribution in [0.3, 0.4) is 0 Å². The molecular weight excluding hydrogens is 180 g/mol. The van der Waals surface area contributed by atoms with Crippen LogP contribution >= 0.6 is 0 Å². The Kier molecular flexibility index (Phi) is 2.07. The summed E-state index contributed by atoms with van der Waals surface area (Å²) in [6.07, 6.45) is 0. The maximum absolute atomic E-state index is 9.57. The van der Waals surface area contributed by atoms with E-state index in [1.165, 1.54) is 0 Å². The highest BCUT2D eigenvalue weighted by atomic mass is 16.5. The van der Waals surface area contributed by atoms with Crippen molar-refractivity contribution in [2.45, 2.75) is 12.5 Å². The van der Waals surface area contributed by atoms with Crippen molar-refractivity contribution in [3.8, 4) is 5.88 Å². The van der Waals surface area contributed by atoms with Gasteiger partial charge >= 0.3 is 0 Å². The maximum Gasteiger partial charge on any atom is 0.214 e. The van der Waals surface area contributed by atoms with Gasteiger partial charge in [0.1, 0.15) is 5.82 Å². The first-order chi connectivity index (χ1) is 6.61. The molecule has 0 radical (unpaired) electrons. The molecule has 4 nitrogen and oxygen atoms in total. The summed E-state index contributed by atoms with van der Waals surface area (Å²) in [7, 11) is 1.60. The Labute approximate surface area is 83.1 Å². The molecule has 76 valence electrons. The summed E-state index contributed by atoms with van der Waals surface area (Å²) in [6.45, 7) is 3.09. The van der Waals surface area contributed by atoms with Crippen LogP contribution in [0.1, 0.15) is 6.92 Å². The average molecular weight is 194 g/mol. The summed E-state index contributed by atoms with van der Waals surface area (Å²) in [5.74, 6) is 1.46. The lowest BCUT2D eigenvalue weighted by atomic mass is 9.97. The minimum atomic E-state index is -0.565. The van der Waals surface area contributed by atoms with Crippen LogP contribution in [0, 0.1) is 0 Å². The molecule has 1 aliphatic heterocycles. The second-order valence-electron chi connectivity index (χ2n) is 3.89. The Morgan fingerprint density at radius 1 is 1.50 bits per heavy atom. The number of methoxy groups -OCH3 is 1. The molecule has 1 N–H and O–H groups in total. The van der Waals surface area contributed by atoms with Gasteiger partial charge in [0.15, 0.2) is 0 Å². The summed E-state index contributed by atoms with van der Waals surface area (Å²) < 4.78 is 5.03. The standard InChI is InChI=1S/C10H14N2O2/c1-10(13)6-12(7-10)8-4-3-5-9(11-8)14-2/h3-5,13H,6-7H2,1-2H3. The molecule has 1 aliphatic rings. The fourth-order valence-corrected chi connectivity index (χ4v) is 1.63. The number of β-amino-alcohol motifs (C(OH)–C–C–N with tert-alkyl or cyclic N) is 1. The summed E-state index contributed by atoms with van der Waals surface area (Å²) in [5.41, 5.74) is -0.565. The van der Waals surface area contributed by atoms with Gasteiger partial charge in [-0.3, -0.25) is 0 Å². The lowest BCUT2D eigenvalue weighted by Gasteiger charge is -2.44. The number of aromatic nitrogens is 1. The third-order valence-corrected chi connectivity index (χ3v) is 2.30. The fraction of sp³-hybridized carbons (Fsp3) is 0.500. The molecular formula is C10H14N2O2. The van der Waals surface area contributed by atoms with E-state index >= 15 is 0 Å². The molecule has 1 saturated heterocycles. The van der Waals surface area contributed by atoms with Gasteiger partial charge in [-0.1, -0.05) is 6.07 Å². The molecule has 0 aliphatic carbocycles. The lowest BCUT2D eigenvalue weighted by molar-refractivity contribution is 0.0305. The van der Waals surface area contributed by atoms with Gasteiger partial charge < -0.3 is 14.7 Å². The van der Waals surface area contributed by atoms with Crippen LogP contribution in [0.4, 0.5) is 5.82 Å². The molecule has 1 aromatic heterocycles. The predicted molar refractivity (Wildman–Crippen MR) is 53.6 cm³/mol. The van der Waals surface area contributed by atoms with Crippen molar-refractivity contribution < 1.29 is 9.84 Å². The molecule has 1 fully saturated rings. The molecule has 1 aromatic rings. The smallest absolute Gasteiger partial charge is 0.214 e. The zero-order valence-corrected chi connectivity index (χ0v) is 8.40. The number of pyridine rings is 1. The molecule has 0 spiro atoms. The number of rotatable bonds is 2. The van der Waals surface area contributed by atoms with Gasteiger partial charge in [0.2, 0.25) is 5.88 Å². The molecule has 2 rings (SSSR count). The quantitative estimate of drug-likeness (QED) is 0.751. The van der Waals surface area contributed by atoms with E-state index in [2.05, 4.69) is 4.98 Å². The number of hydrogen-bond acceptors (Lipinski definition) is 4. The zero-order chi connectivity index (χ0) is 10.2. The second kappa shape index (κ2) is 3.13. The lowest BCUT2D eigenvalue weighted by Crippen LogP contribution is -2.60. The second-order valence-corrected chi connectivity index (χ2v) is 3.89. The van der Waals surface area contributed by atoms with Crippen LogP contribution in [0.25, 0.3) is 0 Å². The van der Waals surface area contributed by atoms with E-state index in [0.717, 1.165) is 5.82 Å². The van der Waals surface area contributed by atoms with Crippen LogP contribution in [-0.4, -0.2) is 35.9 Å². The highest BCUT2D eigenvalue weighted by molar-refractivity contribution is 5.45. The average Bonchev–Trinajstić information content (AvgIpc) is 2.14. The van der Waals surface area contributed by atoms with Gasteiger partial charge in [-0.15, -0.1) is 0 Å². The number of ether oxygens (including phenoxy) is 1. The number of aliphatic hydroxyl groups is 1. The minimum absolute atomic E-state index is 0.565. The van der Waals surface area contributed by atoms with E-state index in [-0.39, 0.29) is 0 Å². The van der Waals surface area contributed by atoms with Crippen LogP contribution in [0.15, 0.2) is 18.2 Å². The van der Waals surface area contributed by atoms with Gasteiger partial charge in [0.05, 0.1) is 12.7 Å². The van der Waals surface area contributed by atoms with Crippen molar-refractivity contribution in [1.29, 1.82) is 0 Å². The Balaban J connectivity index is 2.11. The molecule has 0 bridgehead atoms. The molecule has 0 amide bonds. The molecule has 0 atom stereocenters. The molecule has 4 heteroatoms. The fourth-order valence-electron chi connectivity index (χ4n) is 1.63. The summed E-state index contributed by atoms with van der Waals surface area (Å²) in [6, 6.07) is 5.62. The molecule has 0 saturated carbocycles. The van der Waals surface area contributed by atoms with Crippen molar-refractivity contribution in [2.75, 3.05) is 25.1 Å². The number of nitrogens with zero attached hydrogens (tertiary/aromatic N) is 2. The van der Waals surface area contributed by atoms with E-state index in [0.29, 0.717) is 19.0 Å². The molecule has 14 heavy (non-hydrogen) atoms. The van der Waals surface area contributed by atoms with E-state index in [4.69, 9.17) is 4.74 Å². The first kappa shape index (κ1) is 9.27. The van der Waals surface area contributed by atoms with Crippen molar-refractivity contribution in [1.82, 2.24) is 4.98 Å². The van der Waals surface area contributed by atoms with Crippen molar-refractivity contribution >= 4 is 5.82 Å². The Morgan fingerprint density at radius 2 is 2.21 bits per heavy atom. The third kappa shape index (κ3) is 1.65. The third-order valence-electron chi connectivity index (χ3n) is 2.30. The van der Waals surface area contributed by atoms with Crippen LogP contribution in [-0.2, 0) is 0 Å². The van der Waals surface area contributed by atoms with Gasteiger partial charge in [-0.2, -0.15) is 4.98 Å².